The number of rotatable bonds is 4. The number of fused-ring (bicyclic) bond motifs is 2. The van der Waals surface area contributed by atoms with Gasteiger partial charge in [-0.2, -0.15) is 0 Å². The van der Waals surface area contributed by atoms with Gasteiger partial charge in [0.05, 0.1) is 50.7 Å². The third-order valence-corrected chi connectivity index (χ3v) is 5.45. The van der Waals surface area contributed by atoms with E-state index < -0.39 is 23.9 Å². The van der Waals surface area contributed by atoms with Crippen LogP contribution in [0.1, 0.15) is 22.3 Å². The van der Waals surface area contributed by atoms with E-state index in [1.54, 1.807) is 0 Å². The van der Waals surface area contributed by atoms with Crippen LogP contribution in [0.2, 0.25) is 0 Å². The van der Waals surface area contributed by atoms with Gasteiger partial charge in [-0.05, 0) is 22.3 Å². The van der Waals surface area contributed by atoms with E-state index in [9.17, 15) is 19.2 Å². The number of ether oxygens (including phenoxy) is 4. The van der Waals surface area contributed by atoms with E-state index in [2.05, 4.69) is 0 Å². The molecule has 2 aliphatic carbocycles. The molecule has 0 radical (unpaired) electrons. The third-order valence-electron chi connectivity index (χ3n) is 5.45. The molecule has 2 aliphatic rings. The summed E-state index contributed by atoms with van der Waals surface area (Å²) in [7, 11) is 5.03. The molecule has 158 valence electrons. The smallest absolute Gasteiger partial charge is 0.334 e. The Morgan fingerprint density at radius 1 is 0.500 bits per heavy atom. The van der Waals surface area contributed by atoms with E-state index in [-0.39, 0.29) is 48.0 Å². The minimum atomic E-state index is -0.582. The van der Waals surface area contributed by atoms with E-state index in [0.717, 1.165) is 22.3 Å². The second-order valence-electron chi connectivity index (χ2n) is 6.98. The maximum Gasteiger partial charge on any atom is 0.334 e. The Bertz CT molecular complexity index is 856. The van der Waals surface area contributed by atoms with Crippen LogP contribution in [0.5, 0.6) is 0 Å². The summed E-state index contributed by atoms with van der Waals surface area (Å²) in [4.78, 5) is 48.9. The largest absolute Gasteiger partial charge is 0.466 e. The van der Waals surface area contributed by atoms with Gasteiger partial charge >= 0.3 is 23.9 Å². The van der Waals surface area contributed by atoms with E-state index in [4.69, 9.17) is 18.9 Å². The molecule has 0 amide bonds. The zero-order valence-electron chi connectivity index (χ0n) is 17.2. The van der Waals surface area contributed by atoms with Gasteiger partial charge in [-0.3, -0.25) is 0 Å². The van der Waals surface area contributed by atoms with E-state index in [1.807, 2.05) is 12.1 Å². The average Bonchev–Trinajstić information content (AvgIpc) is 2.78. The average molecular weight is 414 g/mol. The maximum absolute atomic E-state index is 12.2. The Morgan fingerprint density at radius 2 is 0.700 bits per heavy atom. The minimum Gasteiger partial charge on any atom is -0.466 e. The molecule has 0 aromatic heterocycles. The maximum atomic E-state index is 12.2. The lowest BCUT2D eigenvalue weighted by Gasteiger charge is -2.26. The van der Waals surface area contributed by atoms with Crippen LogP contribution in [0.4, 0.5) is 0 Å². The quantitative estimate of drug-likeness (QED) is 0.534. The summed E-state index contributed by atoms with van der Waals surface area (Å²) in [5.74, 6) is -2.33. The van der Waals surface area contributed by atoms with Gasteiger partial charge in [0.25, 0.3) is 0 Å². The first-order valence-electron chi connectivity index (χ1n) is 9.25. The van der Waals surface area contributed by atoms with Crippen LogP contribution in [0, 0.1) is 0 Å². The number of methoxy groups -OCH3 is 4. The highest BCUT2D eigenvalue weighted by molar-refractivity contribution is 6.03. The van der Waals surface area contributed by atoms with Crippen LogP contribution in [0.25, 0.3) is 0 Å². The molecule has 30 heavy (non-hydrogen) atoms. The van der Waals surface area contributed by atoms with Gasteiger partial charge < -0.3 is 18.9 Å². The molecule has 0 bridgehead atoms. The van der Waals surface area contributed by atoms with Crippen LogP contribution in [0.3, 0.4) is 0 Å². The van der Waals surface area contributed by atoms with Gasteiger partial charge in [0.2, 0.25) is 0 Å². The highest BCUT2D eigenvalue weighted by atomic mass is 16.5. The van der Waals surface area contributed by atoms with Crippen LogP contribution in [-0.4, -0.2) is 52.3 Å². The highest BCUT2D eigenvalue weighted by Crippen LogP contribution is 2.34. The van der Waals surface area contributed by atoms with Crippen molar-refractivity contribution in [3.63, 3.8) is 0 Å². The molecule has 8 heteroatoms. The lowest BCUT2D eigenvalue weighted by Crippen LogP contribution is -2.25. The van der Waals surface area contributed by atoms with Crippen molar-refractivity contribution in [2.45, 2.75) is 25.7 Å². The summed E-state index contributed by atoms with van der Waals surface area (Å²) >= 11 is 0. The molecular formula is C22H22O8. The monoisotopic (exact) mass is 414 g/mol. The molecule has 0 saturated heterocycles. The van der Waals surface area contributed by atoms with Gasteiger partial charge in [-0.15, -0.1) is 0 Å². The SMILES string of the molecule is COC(=O)C1=C(C(=O)OC)Cc2cc3c(cc2C1)CC(C(=O)OC)=C(C(=O)OC)C3. The standard InChI is InChI=1S/C22H22O8/c1-27-19(23)15-7-11-5-13-9-17(21(25)29-3)18(22(26)30-4)10-14(13)6-12(11)8-16(15)20(24)28-2/h5-6H,7-10H2,1-4H3. The minimum absolute atomic E-state index is 0.209. The Hall–Kier alpha value is -3.42. The highest BCUT2D eigenvalue weighted by Gasteiger charge is 2.32. The lowest BCUT2D eigenvalue weighted by atomic mass is 9.79. The Balaban J connectivity index is 2.05. The van der Waals surface area contributed by atoms with Crippen molar-refractivity contribution in [3.05, 3.63) is 56.7 Å². The van der Waals surface area contributed by atoms with Gasteiger partial charge in [0.1, 0.15) is 0 Å². The van der Waals surface area contributed by atoms with Crippen molar-refractivity contribution >= 4 is 23.9 Å². The number of hydrogen-bond acceptors (Lipinski definition) is 8. The summed E-state index contributed by atoms with van der Waals surface area (Å²) in [6.07, 6.45) is 0.837. The number of hydrogen-bond donors (Lipinski definition) is 0. The molecule has 1 aromatic rings. The van der Waals surface area contributed by atoms with Crippen molar-refractivity contribution in [2.75, 3.05) is 28.4 Å². The van der Waals surface area contributed by atoms with Gasteiger partial charge in [0.15, 0.2) is 0 Å². The fourth-order valence-corrected chi connectivity index (χ4v) is 3.91. The van der Waals surface area contributed by atoms with Crippen LogP contribution >= 0.6 is 0 Å². The summed E-state index contributed by atoms with van der Waals surface area (Å²) in [6, 6.07) is 3.80. The van der Waals surface area contributed by atoms with Gasteiger partial charge in [-0.1, -0.05) is 12.1 Å². The molecule has 8 nitrogen and oxygen atoms in total. The van der Waals surface area contributed by atoms with Crippen LogP contribution in [-0.2, 0) is 63.8 Å². The molecule has 0 atom stereocenters. The first-order chi connectivity index (χ1) is 14.3. The van der Waals surface area contributed by atoms with E-state index in [0.29, 0.717) is 0 Å². The number of carbonyl (C=O) groups excluding carboxylic acids is 4. The van der Waals surface area contributed by atoms with Crippen molar-refractivity contribution in [1.82, 2.24) is 0 Å². The summed E-state index contributed by atoms with van der Waals surface area (Å²) in [5.41, 5.74) is 4.44. The Labute approximate surface area is 173 Å². The third kappa shape index (κ3) is 3.72. The number of carbonyl (C=O) groups is 4. The zero-order valence-corrected chi connectivity index (χ0v) is 17.2. The second-order valence-corrected chi connectivity index (χ2v) is 6.98. The molecule has 0 N–H and O–H groups in total. The van der Waals surface area contributed by atoms with E-state index >= 15 is 0 Å². The normalized spacial score (nSPS) is 15.1. The van der Waals surface area contributed by atoms with Crippen LogP contribution in [0.15, 0.2) is 34.4 Å². The van der Waals surface area contributed by atoms with Crippen molar-refractivity contribution < 1.29 is 38.1 Å². The van der Waals surface area contributed by atoms with E-state index in [1.165, 1.54) is 28.4 Å². The molecule has 0 heterocycles. The van der Waals surface area contributed by atoms with Crippen molar-refractivity contribution in [3.8, 4) is 0 Å². The molecule has 0 aliphatic heterocycles. The predicted molar refractivity (Wildman–Crippen MR) is 103 cm³/mol. The molecule has 0 spiro atoms. The van der Waals surface area contributed by atoms with Gasteiger partial charge in [-0.25, -0.2) is 19.2 Å². The lowest BCUT2D eigenvalue weighted by molar-refractivity contribution is -0.139. The Kier molecular flexibility index (Phi) is 6.05. The van der Waals surface area contributed by atoms with Gasteiger partial charge in [0, 0.05) is 25.7 Å². The fraction of sp³-hybridized carbons (Fsp3) is 0.364. The fourth-order valence-electron chi connectivity index (χ4n) is 3.91. The molecule has 1 aromatic carbocycles. The summed E-state index contributed by atoms with van der Waals surface area (Å²) in [5, 5.41) is 0. The van der Waals surface area contributed by atoms with Crippen molar-refractivity contribution in [1.29, 1.82) is 0 Å². The number of esters is 4. The molecule has 0 unspecified atom stereocenters. The first-order valence-corrected chi connectivity index (χ1v) is 9.25. The topological polar surface area (TPSA) is 105 Å². The first kappa shape index (κ1) is 21.3. The molecule has 0 saturated carbocycles. The Morgan fingerprint density at radius 3 is 0.867 bits per heavy atom. The zero-order chi connectivity index (χ0) is 22.0. The summed E-state index contributed by atoms with van der Waals surface area (Å²) in [6.45, 7) is 0. The molecule has 0 fully saturated rings. The summed E-state index contributed by atoms with van der Waals surface area (Å²) < 4.78 is 19.3. The predicted octanol–water partition coefficient (Wildman–Crippen LogP) is 1.17. The number of benzene rings is 1. The second kappa shape index (κ2) is 8.52. The van der Waals surface area contributed by atoms with Crippen molar-refractivity contribution in [2.24, 2.45) is 0 Å². The van der Waals surface area contributed by atoms with Crippen LogP contribution < -0.4 is 0 Å². The molecular weight excluding hydrogens is 392 g/mol. The molecule has 3 rings (SSSR count).